The molecule has 6 nitrogen and oxygen atoms in total. The van der Waals surface area contributed by atoms with Crippen LogP contribution in [0, 0.1) is 0 Å². The fourth-order valence-corrected chi connectivity index (χ4v) is 8.92. The second-order valence-electron chi connectivity index (χ2n) is 20.6. The second-order valence-corrected chi connectivity index (χ2v) is 20.6. The number of ether oxygens (including phenoxy) is 3. The van der Waals surface area contributed by atoms with Crippen LogP contribution in [0.3, 0.4) is 0 Å². The predicted molar refractivity (Wildman–Crippen MR) is 302 cm³/mol. The summed E-state index contributed by atoms with van der Waals surface area (Å²) in [6.07, 6.45) is 72.4. The molecule has 0 N–H and O–H groups in total. The van der Waals surface area contributed by atoms with Crippen LogP contribution in [0.2, 0.25) is 0 Å². The van der Waals surface area contributed by atoms with Crippen molar-refractivity contribution in [2.24, 2.45) is 0 Å². The van der Waals surface area contributed by atoms with Crippen molar-refractivity contribution in [3.05, 3.63) is 48.6 Å². The molecule has 6 heteroatoms. The molecule has 0 fully saturated rings. The van der Waals surface area contributed by atoms with E-state index >= 15 is 0 Å². The minimum Gasteiger partial charge on any atom is -0.462 e. The molecular formula is C64H116O6. The highest BCUT2D eigenvalue weighted by molar-refractivity contribution is 5.71. The number of rotatable bonds is 56. The van der Waals surface area contributed by atoms with Crippen LogP contribution in [-0.4, -0.2) is 37.2 Å². The number of hydrogen-bond acceptors (Lipinski definition) is 6. The third-order valence-corrected chi connectivity index (χ3v) is 13.6. The monoisotopic (exact) mass is 981 g/mol. The third-order valence-electron chi connectivity index (χ3n) is 13.6. The van der Waals surface area contributed by atoms with Crippen molar-refractivity contribution < 1.29 is 28.6 Å². The van der Waals surface area contributed by atoms with E-state index in [0.29, 0.717) is 19.3 Å². The van der Waals surface area contributed by atoms with Crippen molar-refractivity contribution in [3.63, 3.8) is 0 Å². The van der Waals surface area contributed by atoms with Crippen molar-refractivity contribution >= 4 is 17.9 Å². The maximum Gasteiger partial charge on any atom is 0.306 e. The molecule has 0 aromatic carbocycles. The maximum atomic E-state index is 12.9. The minimum absolute atomic E-state index is 0.0794. The molecule has 0 aromatic rings. The zero-order chi connectivity index (χ0) is 50.7. The molecule has 0 bridgehead atoms. The maximum absolute atomic E-state index is 12.9. The second kappa shape index (κ2) is 58.9. The van der Waals surface area contributed by atoms with Crippen molar-refractivity contribution in [1.82, 2.24) is 0 Å². The van der Waals surface area contributed by atoms with Crippen LogP contribution >= 0.6 is 0 Å². The highest BCUT2D eigenvalue weighted by atomic mass is 16.6. The van der Waals surface area contributed by atoms with E-state index in [9.17, 15) is 14.4 Å². The first-order valence-corrected chi connectivity index (χ1v) is 30.6. The van der Waals surface area contributed by atoms with Gasteiger partial charge in [-0.2, -0.15) is 0 Å². The molecule has 408 valence electrons. The van der Waals surface area contributed by atoms with Crippen LogP contribution in [0.25, 0.3) is 0 Å². The first-order chi connectivity index (χ1) is 34.5. The summed E-state index contributed by atoms with van der Waals surface area (Å²) in [5.74, 6) is -0.885. The lowest BCUT2D eigenvalue weighted by Crippen LogP contribution is -2.30. The smallest absolute Gasteiger partial charge is 0.306 e. The number of esters is 3. The van der Waals surface area contributed by atoms with E-state index in [1.54, 1.807) is 0 Å². The highest BCUT2D eigenvalue weighted by Gasteiger charge is 2.19. The quantitative estimate of drug-likeness (QED) is 0.0261. The number of carbonyl (C=O) groups is 3. The zero-order valence-electron chi connectivity index (χ0n) is 46.8. The Morgan fingerprint density at radius 2 is 0.514 bits per heavy atom. The largest absolute Gasteiger partial charge is 0.462 e. The lowest BCUT2D eigenvalue weighted by atomic mass is 10.0. The molecule has 0 aliphatic carbocycles. The summed E-state index contributed by atoms with van der Waals surface area (Å²) in [6, 6.07) is 0. The molecule has 0 radical (unpaired) electrons. The van der Waals surface area contributed by atoms with Crippen LogP contribution in [-0.2, 0) is 28.6 Å². The van der Waals surface area contributed by atoms with E-state index in [1.165, 1.54) is 199 Å². The summed E-state index contributed by atoms with van der Waals surface area (Å²) in [7, 11) is 0. The van der Waals surface area contributed by atoms with E-state index in [2.05, 4.69) is 69.4 Å². The molecular weight excluding hydrogens is 865 g/mol. The van der Waals surface area contributed by atoms with Crippen LogP contribution in [0.5, 0.6) is 0 Å². The molecule has 1 atom stereocenters. The molecule has 0 aromatic heterocycles. The zero-order valence-corrected chi connectivity index (χ0v) is 46.8. The molecule has 0 saturated heterocycles. The number of allylic oxidation sites excluding steroid dienone is 8. The highest BCUT2D eigenvalue weighted by Crippen LogP contribution is 2.17. The number of carbonyl (C=O) groups excluding carboxylic acids is 3. The summed E-state index contributed by atoms with van der Waals surface area (Å²) >= 11 is 0. The molecule has 0 spiro atoms. The fourth-order valence-electron chi connectivity index (χ4n) is 8.92. The first-order valence-electron chi connectivity index (χ1n) is 30.6. The number of unbranched alkanes of at least 4 members (excludes halogenated alkanes) is 37. The van der Waals surface area contributed by atoms with E-state index < -0.39 is 6.10 Å². The van der Waals surface area contributed by atoms with Gasteiger partial charge < -0.3 is 14.2 Å². The summed E-state index contributed by atoms with van der Waals surface area (Å²) < 4.78 is 16.9. The Bertz CT molecular complexity index is 1220. The lowest BCUT2D eigenvalue weighted by molar-refractivity contribution is -0.167. The molecule has 0 rings (SSSR count). The van der Waals surface area contributed by atoms with E-state index in [-0.39, 0.29) is 31.1 Å². The fraction of sp³-hybridized carbons (Fsp3) is 0.828. The molecule has 0 heterocycles. The Morgan fingerprint density at radius 1 is 0.286 bits per heavy atom. The SMILES string of the molecule is CCCCC/C=C\C/C=C\C/C=C\CCCCCCC(=O)O[C@@H](COC(=O)CCCCCCCCCCC/C=C\CCCCCCCC)COC(=O)CCCCCCCCCCCCCCCCCC. The van der Waals surface area contributed by atoms with Gasteiger partial charge in [-0.1, -0.05) is 268 Å². The van der Waals surface area contributed by atoms with Crippen molar-refractivity contribution in [3.8, 4) is 0 Å². The predicted octanol–water partition coefficient (Wildman–Crippen LogP) is 20.6. The topological polar surface area (TPSA) is 78.9 Å². The minimum atomic E-state index is -0.784. The van der Waals surface area contributed by atoms with Gasteiger partial charge in [-0.15, -0.1) is 0 Å². The van der Waals surface area contributed by atoms with E-state index in [0.717, 1.165) is 83.5 Å². The average Bonchev–Trinajstić information content (AvgIpc) is 3.36. The first kappa shape index (κ1) is 67.4. The Hall–Kier alpha value is -2.63. The summed E-state index contributed by atoms with van der Waals surface area (Å²) in [4.78, 5) is 38.2. The average molecular weight is 982 g/mol. The van der Waals surface area contributed by atoms with Gasteiger partial charge in [0, 0.05) is 19.3 Å². The summed E-state index contributed by atoms with van der Waals surface area (Å²) in [5.41, 5.74) is 0. The molecule has 0 amide bonds. The Kier molecular flexibility index (Phi) is 56.7. The standard InChI is InChI=1S/C64H116O6/c1-4-7-10-13-16-19-22-25-28-31-32-34-36-39-42-45-48-51-54-57-63(66)69-60-61(59-68-62(65)56-53-50-47-44-41-38-35-30-27-24-21-18-15-12-9-6-3)70-64(67)58-55-52-49-46-43-40-37-33-29-26-23-20-17-14-11-8-5-2/h17,20,25-26,28-29,37,40,61H,4-16,18-19,21-24,27,30-36,38-39,41-60H2,1-3H3/b20-17-,28-25-,29-26-,40-37-/t61-/m1/s1. The van der Waals surface area contributed by atoms with Gasteiger partial charge in [0.1, 0.15) is 13.2 Å². The Balaban J connectivity index is 4.38. The molecule has 0 aliphatic heterocycles. The normalized spacial score (nSPS) is 12.3. The van der Waals surface area contributed by atoms with Crippen molar-refractivity contribution in [1.29, 1.82) is 0 Å². The van der Waals surface area contributed by atoms with Gasteiger partial charge in [-0.25, -0.2) is 0 Å². The number of hydrogen-bond donors (Lipinski definition) is 0. The van der Waals surface area contributed by atoms with Crippen LogP contribution in [0.15, 0.2) is 48.6 Å². The Morgan fingerprint density at radius 3 is 0.843 bits per heavy atom. The summed E-state index contributed by atoms with van der Waals surface area (Å²) in [6.45, 7) is 6.63. The van der Waals surface area contributed by atoms with Gasteiger partial charge in [-0.05, 0) is 83.5 Å². The molecule has 0 aliphatic rings. The van der Waals surface area contributed by atoms with Crippen molar-refractivity contribution in [2.75, 3.05) is 13.2 Å². The molecule has 0 saturated carbocycles. The summed E-state index contributed by atoms with van der Waals surface area (Å²) in [5, 5.41) is 0. The Labute approximate surface area is 435 Å². The van der Waals surface area contributed by atoms with Gasteiger partial charge >= 0.3 is 17.9 Å². The van der Waals surface area contributed by atoms with Gasteiger partial charge in [0.2, 0.25) is 0 Å². The van der Waals surface area contributed by atoms with E-state index in [1.807, 2.05) is 0 Å². The molecule has 0 unspecified atom stereocenters. The third kappa shape index (κ3) is 56.3. The van der Waals surface area contributed by atoms with Gasteiger partial charge in [-0.3, -0.25) is 14.4 Å². The van der Waals surface area contributed by atoms with Gasteiger partial charge in [0.25, 0.3) is 0 Å². The van der Waals surface area contributed by atoms with Gasteiger partial charge in [0.05, 0.1) is 0 Å². The van der Waals surface area contributed by atoms with E-state index in [4.69, 9.17) is 14.2 Å². The van der Waals surface area contributed by atoms with Crippen molar-refractivity contribution in [2.45, 2.75) is 329 Å². The van der Waals surface area contributed by atoms with Crippen LogP contribution in [0.1, 0.15) is 323 Å². The lowest BCUT2D eigenvalue weighted by Gasteiger charge is -2.18. The van der Waals surface area contributed by atoms with Crippen LogP contribution < -0.4 is 0 Å². The molecule has 70 heavy (non-hydrogen) atoms. The van der Waals surface area contributed by atoms with Crippen LogP contribution in [0.4, 0.5) is 0 Å². The van der Waals surface area contributed by atoms with Gasteiger partial charge in [0.15, 0.2) is 6.10 Å².